The van der Waals surface area contributed by atoms with Gasteiger partial charge in [0.25, 0.3) is 0 Å². The average molecular weight is 325 g/mol. The van der Waals surface area contributed by atoms with Crippen molar-refractivity contribution in [3.8, 4) is 11.1 Å². The summed E-state index contributed by atoms with van der Waals surface area (Å²) in [5.74, 6) is 11.4. The number of nitrogens with one attached hydrogen (secondary N) is 3. The zero-order valence-electron chi connectivity index (χ0n) is 12.6. The molecule has 1 heterocycles. The van der Waals surface area contributed by atoms with Crippen molar-refractivity contribution < 1.29 is 4.39 Å². The first-order valence-corrected chi connectivity index (χ1v) is 7.15. The Kier molecular flexibility index (Phi) is 4.50. The molecule has 7 nitrogen and oxygen atoms in total. The van der Waals surface area contributed by atoms with E-state index in [9.17, 15) is 4.39 Å². The Morgan fingerprint density at radius 2 is 1.38 bits per heavy atom. The average Bonchev–Trinajstić information content (AvgIpc) is 2.62. The molecule has 0 amide bonds. The normalized spacial score (nSPS) is 10.3. The minimum atomic E-state index is -0.433. The van der Waals surface area contributed by atoms with Gasteiger partial charge in [0.1, 0.15) is 5.82 Å². The smallest absolute Gasteiger partial charge is 0.231 e. The van der Waals surface area contributed by atoms with Gasteiger partial charge in [-0.25, -0.2) is 16.1 Å². The predicted octanol–water partition coefficient (Wildman–Crippen LogP) is 2.60. The molecule has 0 aliphatic rings. The summed E-state index contributed by atoms with van der Waals surface area (Å²) >= 11 is 0. The summed E-state index contributed by atoms with van der Waals surface area (Å²) in [5.41, 5.74) is 6.36. The fourth-order valence-corrected chi connectivity index (χ4v) is 2.30. The Bertz CT molecular complexity index is 814. The molecule has 0 fully saturated rings. The van der Waals surface area contributed by atoms with Crippen LogP contribution in [0.25, 0.3) is 11.1 Å². The maximum atomic E-state index is 14.1. The quantitative estimate of drug-likeness (QED) is 0.362. The van der Waals surface area contributed by atoms with Crippen LogP contribution in [0, 0.1) is 5.82 Å². The highest BCUT2D eigenvalue weighted by atomic mass is 19.1. The van der Waals surface area contributed by atoms with Crippen LogP contribution in [0.5, 0.6) is 0 Å². The van der Waals surface area contributed by atoms with Crippen molar-refractivity contribution in [2.24, 2.45) is 11.7 Å². The van der Waals surface area contributed by atoms with Gasteiger partial charge >= 0.3 is 0 Å². The second-order valence-electron chi connectivity index (χ2n) is 4.88. The summed E-state index contributed by atoms with van der Waals surface area (Å²) in [7, 11) is 0. The SMILES string of the molecule is NNc1nc(Nc2ccccc2)nc(NN)c1-c1ccccc1F. The summed E-state index contributed by atoms with van der Waals surface area (Å²) in [4.78, 5) is 8.58. The van der Waals surface area contributed by atoms with Crippen molar-refractivity contribution in [1.29, 1.82) is 0 Å². The standard InChI is InChI=1S/C16H16FN7/c17-12-9-5-4-8-11(12)13-14(23-18)21-16(22-15(13)24-19)20-10-6-2-1-3-7-10/h1-9H,18-19H2,(H3,20,21,22,23,24). The monoisotopic (exact) mass is 325 g/mol. The van der Waals surface area contributed by atoms with Gasteiger partial charge in [-0.2, -0.15) is 9.97 Å². The van der Waals surface area contributed by atoms with Gasteiger partial charge < -0.3 is 16.2 Å². The molecule has 0 atom stereocenters. The number of nitrogen functional groups attached to an aromatic ring is 2. The van der Waals surface area contributed by atoms with Crippen LogP contribution in [0.15, 0.2) is 54.6 Å². The largest absolute Gasteiger partial charge is 0.324 e. The van der Waals surface area contributed by atoms with E-state index in [1.807, 2.05) is 30.3 Å². The molecule has 3 aromatic rings. The third kappa shape index (κ3) is 3.09. The highest BCUT2D eigenvalue weighted by Crippen LogP contribution is 2.35. The van der Waals surface area contributed by atoms with Crippen molar-refractivity contribution in [2.45, 2.75) is 0 Å². The number of benzene rings is 2. The van der Waals surface area contributed by atoms with E-state index in [1.54, 1.807) is 18.2 Å². The lowest BCUT2D eigenvalue weighted by Crippen LogP contribution is -2.17. The molecule has 0 radical (unpaired) electrons. The molecule has 1 aromatic heterocycles. The highest BCUT2D eigenvalue weighted by molar-refractivity contribution is 5.85. The zero-order chi connectivity index (χ0) is 16.9. The van der Waals surface area contributed by atoms with E-state index in [0.717, 1.165) is 5.69 Å². The fraction of sp³-hybridized carbons (Fsp3) is 0. The minimum absolute atomic E-state index is 0.237. The van der Waals surface area contributed by atoms with Gasteiger partial charge in [-0.15, -0.1) is 0 Å². The molecule has 0 aliphatic carbocycles. The van der Waals surface area contributed by atoms with Gasteiger partial charge in [0.15, 0.2) is 11.6 Å². The lowest BCUT2D eigenvalue weighted by Gasteiger charge is -2.15. The number of rotatable bonds is 5. The molecule has 8 heteroatoms. The van der Waals surface area contributed by atoms with Crippen LogP contribution in [-0.2, 0) is 0 Å². The highest BCUT2D eigenvalue weighted by Gasteiger charge is 2.18. The maximum absolute atomic E-state index is 14.1. The van der Waals surface area contributed by atoms with Crippen molar-refractivity contribution in [1.82, 2.24) is 9.97 Å². The maximum Gasteiger partial charge on any atom is 0.231 e. The minimum Gasteiger partial charge on any atom is -0.324 e. The lowest BCUT2D eigenvalue weighted by molar-refractivity contribution is 0.631. The van der Waals surface area contributed by atoms with Crippen LogP contribution in [0.4, 0.5) is 27.7 Å². The van der Waals surface area contributed by atoms with E-state index in [2.05, 4.69) is 26.1 Å². The molecule has 2 aromatic carbocycles. The van der Waals surface area contributed by atoms with Crippen molar-refractivity contribution in [3.05, 3.63) is 60.4 Å². The van der Waals surface area contributed by atoms with E-state index in [-0.39, 0.29) is 23.1 Å². The first-order valence-electron chi connectivity index (χ1n) is 7.15. The Hall–Kier alpha value is -3.23. The number of hydrazine groups is 2. The van der Waals surface area contributed by atoms with E-state index in [0.29, 0.717) is 5.56 Å². The van der Waals surface area contributed by atoms with Crippen LogP contribution >= 0.6 is 0 Å². The molecule has 122 valence electrons. The van der Waals surface area contributed by atoms with Crippen LogP contribution in [0.1, 0.15) is 0 Å². The summed E-state index contributed by atoms with van der Waals surface area (Å²) in [5, 5.41) is 3.04. The van der Waals surface area contributed by atoms with Gasteiger partial charge in [-0.05, 0) is 18.2 Å². The number of nitrogens with zero attached hydrogens (tertiary/aromatic N) is 2. The molecule has 0 saturated carbocycles. The van der Waals surface area contributed by atoms with Crippen LogP contribution in [0.3, 0.4) is 0 Å². The van der Waals surface area contributed by atoms with Crippen LogP contribution in [-0.4, -0.2) is 9.97 Å². The number of para-hydroxylation sites is 1. The Morgan fingerprint density at radius 1 is 0.792 bits per heavy atom. The fourth-order valence-electron chi connectivity index (χ4n) is 2.30. The zero-order valence-corrected chi connectivity index (χ0v) is 12.6. The lowest BCUT2D eigenvalue weighted by atomic mass is 10.1. The Morgan fingerprint density at radius 3 is 1.96 bits per heavy atom. The first-order chi connectivity index (χ1) is 11.7. The molecule has 0 spiro atoms. The third-order valence-corrected chi connectivity index (χ3v) is 3.36. The molecule has 3 rings (SSSR count). The molecule has 0 bridgehead atoms. The second-order valence-corrected chi connectivity index (χ2v) is 4.88. The number of halogens is 1. The molecule has 24 heavy (non-hydrogen) atoms. The molecule has 7 N–H and O–H groups in total. The van der Waals surface area contributed by atoms with Crippen molar-refractivity contribution in [2.75, 3.05) is 16.2 Å². The Labute approximate surface area is 137 Å². The summed E-state index contributed by atoms with van der Waals surface area (Å²) < 4.78 is 14.1. The van der Waals surface area contributed by atoms with E-state index < -0.39 is 5.82 Å². The molecular weight excluding hydrogens is 309 g/mol. The summed E-state index contributed by atoms with van der Waals surface area (Å²) in [6.45, 7) is 0. The van der Waals surface area contributed by atoms with Crippen LogP contribution < -0.4 is 27.9 Å². The van der Waals surface area contributed by atoms with E-state index in [1.165, 1.54) is 6.07 Å². The second kappa shape index (κ2) is 6.90. The Balaban J connectivity index is 2.09. The third-order valence-electron chi connectivity index (χ3n) is 3.36. The topological polar surface area (TPSA) is 114 Å². The van der Waals surface area contributed by atoms with E-state index >= 15 is 0 Å². The van der Waals surface area contributed by atoms with Gasteiger partial charge in [0.2, 0.25) is 5.95 Å². The first kappa shape index (κ1) is 15.7. The molecule has 0 unspecified atom stereocenters. The van der Waals surface area contributed by atoms with Gasteiger partial charge in [0.05, 0.1) is 5.56 Å². The number of nitrogens with two attached hydrogens (primary N) is 2. The van der Waals surface area contributed by atoms with Crippen molar-refractivity contribution in [3.63, 3.8) is 0 Å². The molecule has 0 saturated heterocycles. The summed E-state index contributed by atoms with van der Waals surface area (Å²) in [6, 6.07) is 15.6. The summed E-state index contributed by atoms with van der Waals surface area (Å²) in [6.07, 6.45) is 0. The van der Waals surface area contributed by atoms with Crippen molar-refractivity contribution >= 4 is 23.3 Å². The van der Waals surface area contributed by atoms with Gasteiger partial charge in [-0.3, -0.25) is 0 Å². The number of aromatic nitrogens is 2. The molecule has 0 aliphatic heterocycles. The predicted molar refractivity (Wildman–Crippen MR) is 92.8 cm³/mol. The van der Waals surface area contributed by atoms with Gasteiger partial charge in [-0.1, -0.05) is 36.4 Å². The number of hydrogen-bond acceptors (Lipinski definition) is 7. The van der Waals surface area contributed by atoms with Crippen LogP contribution in [0.2, 0.25) is 0 Å². The van der Waals surface area contributed by atoms with E-state index in [4.69, 9.17) is 11.7 Å². The number of anilines is 4. The number of hydrogen-bond donors (Lipinski definition) is 5. The molecular formula is C16H16FN7. The van der Waals surface area contributed by atoms with Gasteiger partial charge in [0, 0.05) is 11.3 Å².